The summed E-state index contributed by atoms with van der Waals surface area (Å²) in [4.78, 5) is 34.8. The van der Waals surface area contributed by atoms with Gasteiger partial charge in [-0.3, -0.25) is 9.59 Å². The number of rotatable bonds is 13. The number of carboxylic acid groups (broad SMARTS) is 2. The molecule has 0 bridgehead atoms. The summed E-state index contributed by atoms with van der Waals surface area (Å²) in [7, 11) is 0. The first-order chi connectivity index (χ1) is 21.5. The summed E-state index contributed by atoms with van der Waals surface area (Å²) < 4.78 is 11.5. The van der Waals surface area contributed by atoms with Gasteiger partial charge >= 0.3 is 11.9 Å². The Morgan fingerprint density at radius 2 is 1.64 bits per heavy atom. The largest absolute Gasteiger partial charge is 0.489 e. The highest BCUT2D eigenvalue weighted by atomic mass is 35.5. The van der Waals surface area contributed by atoms with E-state index in [1.165, 1.54) is 6.07 Å². The lowest BCUT2D eigenvalue weighted by Crippen LogP contribution is -2.55. The van der Waals surface area contributed by atoms with E-state index in [1.807, 2.05) is 12.1 Å². The molecule has 12 nitrogen and oxygen atoms in total. The van der Waals surface area contributed by atoms with Gasteiger partial charge in [0.25, 0.3) is 5.91 Å². The maximum Gasteiger partial charge on any atom is 0.326 e. The van der Waals surface area contributed by atoms with Crippen LogP contribution in [0.5, 0.6) is 5.75 Å². The minimum absolute atomic E-state index is 0.120. The molecule has 1 aliphatic rings. The molecule has 0 aromatic heterocycles. The highest BCUT2D eigenvalue weighted by Crippen LogP contribution is 2.34. The van der Waals surface area contributed by atoms with Gasteiger partial charge in [-0.15, -0.1) is 0 Å². The molecule has 3 aromatic rings. The Balaban J connectivity index is 1.37. The van der Waals surface area contributed by atoms with Gasteiger partial charge in [0.2, 0.25) is 0 Å². The van der Waals surface area contributed by atoms with Gasteiger partial charge in [0.05, 0.1) is 6.61 Å². The van der Waals surface area contributed by atoms with Crippen LogP contribution in [0.1, 0.15) is 51.6 Å². The number of carbonyl (C=O) groups excluding carboxylic acids is 1. The standard InChI is InChI=1S/C32H34ClNO11/c33-23-9-6-19(30-29(40)28(39)27(38)25(15-35)45-30)14-21(23)12-17-4-7-22(8-5-17)44-16-18-2-1-3-20(13-18)31(41)34-24(32(42)43)10-11-26(36)37/h1-9,13-14,24-25,27-30,35,38-40H,10-12,15-16H2,(H,34,41)(H,36,37)(H,42,43)/t24-,25+,27+,28-,29+,30-/m0/s1. The van der Waals surface area contributed by atoms with Crippen LogP contribution < -0.4 is 10.1 Å². The molecule has 1 fully saturated rings. The summed E-state index contributed by atoms with van der Waals surface area (Å²) in [5.41, 5.74) is 3.01. The molecule has 1 saturated heterocycles. The van der Waals surface area contributed by atoms with Crippen LogP contribution >= 0.6 is 11.6 Å². The Morgan fingerprint density at radius 1 is 0.911 bits per heavy atom. The summed E-state index contributed by atoms with van der Waals surface area (Å²) in [5.74, 6) is -2.58. The van der Waals surface area contributed by atoms with Gasteiger partial charge in [0.15, 0.2) is 0 Å². The number of carboxylic acids is 2. The lowest BCUT2D eigenvalue weighted by atomic mass is 9.90. The van der Waals surface area contributed by atoms with E-state index in [9.17, 15) is 39.9 Å². The third-order valence-electron chi connectivity index (χ3n) is 7.45. The number of ether oxygens (including phenoxy) is 2. The average Bonchev–Trinajstić information content (AvgIpc) is 3.02. The summed E-state index contributed by atoms with van der Waals surface area (Å²) in [6, 6.07) is 17.4. The van der Waals surface area contributed by atoms with E-state index in [0.29, 0.717) is 28.3 Å². The lowest BCUT2D eigenvalue weighted by molar-refractivity contribution is -0.231. The van der Waals surface area contributed by atoms with E-state index in [2.05, 4.69) is 5.32 Å². The molecule has 0 spiro atoms. The zero-order chi connectivity index (χ0) is 32.7. The van der Waals surface area contributed by atoms with Gasteiger partial charge in [0, 0.05) is 17.0 Å². The number of hydrogen-bond donors (Lipinski definition) is 7. The second-order valence-electron chi connectivity index (χ2n) is 10.7. The number of aliphatic carboxylic acids is 2. The van der Waals surface area contributed by atoms with Gasteiger partial charge in [0.1, 0.15) is 48.9 Å². The summed E-state index contributed by atoms with van der Waals surface area (Å²) in [6.45, 7) is -0.407. The van der Waals surface area contributed by atoms with Crippen LogP contribution in [0.3, 0.4) is 0 Å². The third kappa shape index (κ3) is 8.78. The van der Waals surface area contributed by atoms with Crippen molar-refractivity contribution in [1.29, 1.82) is 0 Å². The maximum atomic E-state index is 12.6. The predicted molar refractivity (Wildman–Crippen MR) is 160 cm³/mol. The van der Waals surface area contributed by atoms with Crippen LogP contribution in [0, 0.1) is 0 Å². The molecule has 1 heterocycles. The number of amides is 1. The topological polar surface area (TPSA) is 203 Å². The van der Waals surface area contributed by atoms with Crippen LogP contribution in [-0.2, 0) is 27.4 Å². The van der Waals surface area contributed by atoms with Crippen molar-refractivity contribution in [3.8, 4) is 5.75 Å². The summed E-state index contributed by atoms with van der Waals surface area (Å²) in [6.07, 6.45) is -6.58. The van der Waals surface area contributed by atoms with Gasteiger partial charge < -0.3 is 45.4 Å². The molecule has 0 saturated carbocycles. The normalized spacial score (nSPS) is 21.9. The molecule has 3 aromatic carbocycles. The predicted octanol–water partition coefficient (Wildman–Crippen LogP) is 2.07. The first kappa shape index (κ1) is 33.8. The quantitative estimate of drug-likeness (QED) is 0.144. The van der Waals surface area contributed by atoms with Crippen molar-refractivity contribution < 1.29 is 54.5 Å². The fraction of sp³-hybridized carbons (Fsp3) is 0.344. The van der Waals surface area contributed by atoms with Crippen LogP contribution in [0.2, 0.25) is 5.02 Å². The number of aliphatic hydroxyl groups is 4. The Labute approximate surface area is 263 Å². The molecule has 1 aliphatic heterocycles. The van der Waals surface area contributed by atoms with Crippen LogP contribution in [0.25, 0.3) is 0 Å². The second kappa shape index (κ2) is 15.3. The van der Waals surface area contributed by atoms with E-state index in [0.717, 1.165) is 11.1 Å². The van der Waals surface area contributed by atoms with Crippen molar-refractivity contribution in [2.75, 3.05) is 6.61 Å². The van der Waals surface area contributed by atoms with Crippen LogP contribution in [0.4, 0.5) is 0 Å². The molecule has 4 rings (SSSR count). The van der Waals surface area contributed by atoms with Crippen LogP contribution in [-0.4, -0.2) is 85.5 Å². The first-order valence-corrected chi connectivity index (χ1v) is 14.5. The maximum absolute atomic E-state index is 12.6. The number of halogens is 1. The molecule has 7 N–H and O–H groups in total. The summed E-state index contributed by atoms with van der Waals surface area (Å²) in [5, 5.41) is 61.2. The lowest BCUT2D eigenvalue weighted by Gasteiger charge is -2.40. The molecular weight excluding hydrogens is 610 g/mol. The SMILES string of the molecule is O=C(O)CC[C@H](NC(=O)c1cccc(COc2ccc(Cc3cc([C@@H]4O[C@H](CO)[C@@H](O)[C@H](O)[C@H]4O)ccc3Cl)cc2)c1)C(=O)O. The van der Waals surface area contributed by atoms with E-state index < -0.39 is 67.4 Å². The Kier molecular flexibility index (Phi) is 11.5. The van der Waals surface area contributed by atoms with Gasteiger partial charge in [-0.25, -0.2) is 4.79 Å². The molecule has 0 radical (unpaired) electrons. The smallest absolute Gasteiger partial charge is 0.326 e. The monoisotopic (exact) mass is 643 g/mol. The van der Waals surface area contributed by atoms with Crippen molar-refractivity contribution in [1.82, 2.24) is 5.32 Å². The molecule has 6 atom stereocenters. The van der Waals surface area contributed by atoms with Gasteiger partial charge in [-0.1, -0.05) is 48.0 Å². The molecule has 0 unspecified atom stereocenters. The van der Waals surface area contributed by atoms with Crippen molar-refractivity contribution >= 4 is 29.4 Å². The zero-order valence-electron chi connectivity index (χ0n) is 24.0. The third-order valence-corrected chi connectivity index (χ3v) is 7.82. The fourth-order valence-corrected chi connectivity index (χ4v) is 5.13. The van der Waals surface area contributed by atoms with Crippen molar-refractivity contribution in [2.45, 2.75) is 62.4 Å². The van der Waals surface area contributed by atoms with Crippen molar-refractivity contribution in [3.05, 3.63) is 99.6 Å². The minimum Gasteiger partial charge on any atom is -0.489 e. The number of hydrogen-bond acceptors (Lipinski definition) is 9. The number of benzene rings is 3. The number of aliphatic hydroxyl groups excluding tert-OH is 4. The van der Waals surface area contributed by atoms with E-state index in [-0.39, 0.29) is 18.6 Å². The minimum atomic E-state index is -1.49. The Morgan fingerprint density at radius 3 is 2.31 bits per heavy atom. The molecule has 45 heavy (non-hydrogen) atoms. The molecule has 0 aliphatic carbocycles. The van der Waals surface area contributed by atoms with E-state index >= 15 is 0 Å². The highest BCUT2D eigenvalue weighted by molar-refractivity contribution is 6.31. The number of nitrogens with one attached hydrogen (secondary N) is 1. The van der Waals surface area contributed by atoms with Gasteiger partial charge in [-0.05, 0) is 65.4 Å². The summed E-state index contributed by atoms with van der Waals surface area (Å²) >= 11 is 6.45. The number of carbonyl (C=O) groups is 3. The van der Waals surface area contributed by atoms with Gasteiger partial charge in [-0.2, -0.15) is 0 Å². The van der Waals surface area contributed by atoms with Crippen molar-refractivity contribution in [2.24, 2.45) is 0 Å². The Bertz CT molecular complexity index is 1500. The van der Waals surface area contributed by atoms with Crippen LogP contribution in [0.15, 0.2) is 66.7 Å². The Hall–Kier alpha value is -4.04. The average molecular weight is 644 g/mol. The highest BCUT2D eigenvalue weighted by Gasteiger charge is 2.44. The molecule has 240 valence electrons. The first-order valence-electron chi connectivity index (χ1n) is 14.1. The van der Waals surface area contributed by atoms with E-state index in [4.69, 9.17) is 26.2 Å². The van der Waals surface area contributed by atoms with E-state index in [1.54, 1.807) is 48.5 Å². The van der Waals surface area contributed by atoms with Crippen molar-refractivity contribution in [3.63, 3.8) is 0 Å². The molecule has 1 amide bonds. The molecule has 13 heteroatoms. The fourth-order valence-electron chi connectivity index (χ4n) is 4.94. The molecular formula is C32H34ClNO11. The zero-order valence-corrected chi connectivity index (χ0v) is 24.7. The second-order valence-corrected chi connectivity index (χ2v) is 11.1.